The Morgan fingerprint density at radius 2 is 1.85 bits per heavy atom. The summed E-state index contributed by atoms with van der Waals surface area (Å²) < 4.78 is 15.9. The molecule has 0 amide bonds. The lowest BCUT2D eigenvalue weighted by molar-refractivity contribution is -0.153. The molecule has 0 bridgehead atoms. The maximum absolute atomic E-state index is 13.8. The largest absolute Gasteiger partial charge is 0.504 e. The molecular weight excluding hydrogens is 438 g/mol. The smallest absolute Gasteiger partial charge is 0.336 e. The van der Waals surface area contributed by atoms with E-state index in [0.29, 0.717) is 40.9 Å². The van der Waals surface area contributed by atoms with Crippen molar-refractivity contribution in [3.63, 3.8) is 0 Å². The number of methoxy groups -OCH3 is 1. The fraction of sp³-hybridized carbons (Fsp3) is 0.500. The number of hydrogen-bond donors (Lipinski definition) is 2. The molecule has 184 valence electrons. The molecule has 0 spiro atoms. The number of ketones is 1. The first-order valence-electron chi connectivity index (χ1n) is 11.8. The summed E-state index contributed by atoms with van der Waals surface area (Å²) in [7, 11) is 1.43. The highest BCUT2D eigenvalue weighted by Crippen LogP contribution is 2.47. The van der Waals surface area contributed by atoms with Crippen LogP contribution in [0, 0.1) is 11.8 Å². The van der Waals surface area contributed by atoms with E-state index in [-0.39, 0.29) is 36.4 Å². The molecule has 0 fully saturated rings. The number of aromatic hydroxyl groups is 1. The van der Waals surface area contributed by atoms with Gasteiger partial charge in [-0.1, -0.05) is 26.3 Å². The molecule has 0 radical (unpaired) electrons. The predicted molar refractivity (Wildman–Crippen MR) is 125 cm³/mol. The standard InChI is InChI=1S/C26H33NO7/c1-6-9-16-23(26(31)34-8-3)21(15-10-11-18(28)19(13-15)32-5)22-17(27-16)12-14(4)20(24(22)29)25(30)33-7-2/h10-11,13-14,20-21,27-28H,6-9,12H2,1-5H3. The average Bonchev–Trinajstić information content (AvgIpc) is 2.79. The summed E-state index contributed by atoms with van der Waals surface area (Å²) >= 11 is 0. The minimum Gasteiger partial charge on any atom is -0.504 e. The van der Waals surface area contributed by atoms with Gasteiger partial charge < -0.3 is 24.6 Å². The van der Waals surface area contributed by atoms with E-state index in [1.807, 2.05) is 13.8 Å². The summed E-state index contributed by atoms with van der Waals surface area (Å²) in [5.74, 6) is -3.29. The highest BCUT2D eigenvalue weighted by Gasteiger charge is 2.47. The SMILES string of the molecule is CCCC1=C(C(=O)OCC)C(c2ccc(O)c(OC)c2)C2=C(CC(C)C(C(=O)OCC)C2=O)N1. The number of Topliss-reactive ketones (excluding diaryl/α,β-unsaturated/α-hetero) is 1. The normalized spacial score (nSPS) is 22.1. The van der Waals surface area contributed by atoms with Crippen LogP contribution in [0.5, 0.6) is 11.5 Å². The van der Waals surface area contributed by atoms with E-state index >= 15 is 0 Å². The number of dihydropyridines is 1. The Labute approximate surface area is 200 Å². The van der Waals surface area contributed by atoms with Gasteiger partial charge >= 0.3 is 11.9 Å². The molecular formula is C26H33NO7. The molecule has 3 unspecified atom stereocenters. The van der Waals surface area contributed by atoms with Gasteiger partial charge in [0.25, 0.3) is 0 Å². The summed E-state index contributed by atoms with van der Waals surface area (Å²) in [6.07, 6.45) is 1.81. The number of nitrogens with one attached hydrogen (secondary N) is 1. The van der Waals surface area contributed by atoms with Crippen LogP contribution < -0.4 is 10.1 Å². The van der Waals surface area contributed by atoms with Crippen LogP contribution in [0.4, 0.5) is 0 Å². The Balaban J connectivity index is 2.25. The molecule has 1 aliphatic heterocycles. The molecule has 8 heteroatoms. The predicted octanol–water partition coefficient (Wildman–Crippen LogP) is 3.75. The van der Waals surface area contributed by atoms with E-state index in [1.165, 1.54) is 13.2 Å². The van der Waals surface area contributed by atoms with E-state index in [4.69, 9.17) is 14.2 Å². The van der Waals surface area contributed by atoms with Crippen LogP contribution >= 0.6 is 0 Å². The first-order chi connectivity index (χ1) is 16.3. The third-order valence-corrected chi connectivity index (χ3v) is 6.25. The van der Waals surface area contributed by atoms with Crippen LogP contribution in [0.15, 0.2) is 40.7 Å². The third kappa shape index (κ3) is 4.67. The van der Waals surface area contributed by atoms with Gasteiger partial charge in [-0.3, -0.25) is 9.59 Å². The second-order valence-electron chi connectivity index (χ2n) is 8.52. The molecule has 34 heavy (non-hydrogen) atoms. The zero-order chi connectivity index (χ0) is 25.0. The van der Waals surface area contributed by atoms with E-state index < -0.39 is 23.8 Å². The highest BCUT2D eigenvalue weighted by atomic mass is 16.5. The van der Waals surface area contributed by atoms with Crippen molar-refractivity contribution in [1.29, 1.82) is 0 Å². The summed E-state index contributed by atoms with van der Waals surface area (Å²) in [6, 6.07) is 4.74. The van der Waals surface area contributed by atoms with Crippen molar-refractivity contribution in [1.82, 2.24) is 5.32 Å². The molecule has 0 saturated carbocycles. The number of esters is 2. The molecule has 8 nitrogen and oxygen atoms in total. The van der Waals surface area contributed by atoms with Gasteiger partial charge in [0, 0.05) is 22.9 Å². The number of hydrogen-bond acceptors (Lipinski definition) is 8. The maximum Gasteiger partial charge on any atom is 0.336 e. The summed E-state index contributed by atoms with van der Waals surface area (Å²) in [6.45, 7) is 7.63. The maximum atomic E-state index is 13.8. The number of benzene rings is 1. The summed E-state index contributed by atoms with van der Waals surface area (Å²) in [5.41, 5.74) is 2.68. The lowest BCUT2D eigenvalue weighted by Gasteiger charge is -2.39. The van der Waals surface area contributed by atoms with E-state index in [0.717, 1.165) is 6.42 Å². The fourth-order valence-corrected chi connectivity index (χ4v) is 4.80. The molecule has 3 atom stereocenters. The summed E-state index contributed by atoms with van der Waals surface area (Å²) in [4.78, 5) is 39.8. The Hall–Kier alpha value is -3.29. The van der Waals surface area contributed by atoms with Crippen molar-refractivity contribution in [3.8, 4) is 11.5 Å². The number of phenols is 1. The van der Waals surface area contributed by atoms with Gasteiger partial charge in [-0.15, -0.1) is 0 Å². The quantitative estimate of drug-likeness (QED) is 0.436. The van der Waals surface area contributed by atoms with Crippen molar-refractivity contribution in [2.24, 2.45) is 11.8 Å². The van der Waals surface area contributed by atoms with E-state index in [1.54, 1.807) is 26.0 Å². The van der Waals surface area contributed by atoms with Crippen LogP contribution in [0.25, 0.3) is 0 Å². The number of allylic oxidation sites excluding steroid dienone is 3. The monoisotopic (exact) mass is 471 g/mol. The average molecular weight is 472 g/mol. The minimum atomic E-state index is -0.960. The lowest BCUT2D eigenvalue weighted by Crippen LogP contribution is -2.43. The van der Waals surface area contributed by atoms with Crippen LogP contribution in [-0.2, 0) is 23.9 Å². The third-order valence-electron chi connectivity index (χ3n) is 6.25. The van der Waals surface area contributed by atoms with Gasteiger partial charge in [-0.25, -0.2) is 4.79 Å². The molecule has 1 aromatic rings. The van der Waals surface area contributed by atoms with Crippen LogP contribution in [0.1, 0.15) is 58.4 Å². The Bertz CT molecular complexity index is 1040. The van der Waals surface area contributed by atoms with Crippen molar-refractivity contribution >= 4 is 17.7 Å². The highest BCUT2D eigenvalue weighted by molar-refractivity contribution is 6.12. The molecule has 3 rings (SSSR count). The number of ether oxygens (including phenoxy) is 3. The van der Waals surface area contributed by atoms with Crippen molar-refractivity contribution in [2.45, 2.75) is 52.9 Å². The minimum absolute atomic E-state index is 0.0576. The zero-order valence-electron chi connectivity index (χ0n) is 20.4. The number of rotatable bonds is 8. The fourth-order valence-electron chi connectivity index (χ4n) is 4.80. The van der Waals surface area contributed by atoms with Crippen molar-refractivity contribution < 1.29 is 33.7 Å². The number of carbonyl (C=O) groups is 3. The van der Waals surface area contributed by atoms with Gasteiger partial charge in [0.2, 0.25) is 0 Å². The molecule has 1 aliphatic carbocycles. The molecule has 0 saturated heterocycles. The first kappa shape index (κ1) is 25.3. The molecule has 2 N–H and O–H groups in total. The van der Waals surface area contributed by atoms with Gasteiger partial charge in [0.05, 0.1) is 25.9 Å². The molecule has 1 heterocycles. The second kappa shape index (κ2) is 10.8. The van der Waals surface area contributed by atoms with Gasteiger partial charge in [0.1, 0.15) is 5.92 Å². The summed E-state index contributed by atoms with van der Waals surface area (Å²) in [5, 5.41) is 13.5. The first-order valence-corrected chi connectivity index (χ1v) is 11.8. The van der Waals surface area contributed by atoms with Gasteiger partial charge in [-0.05, 0) is 50.3 Å². The topological polar surface area (TPSA) is 111 Å². The van der Waals surface area contributed by atoms with Gasteiger partial charge in [0.15, 0.2) is 17.3 Å². The Morgan fingerprint density at radius 1 is 1.15 bits per heavy atom. The van der Waals surface area contributed by atoms with Crippen molar-refractivity contribution in [3.05, 3.63) is 46.3 Å². The van der Waals surface area contributed by atoms with Crippen molar-refractivity contribution in [2.75, 3.05) is 20.3 Å². The molecule has 1 aromatic carbocycles. The Kier molecular flexibility index (Phi) is 8.02. The number of carbonyl (C=O) groups excluding carboxylic acids is 3. The lowest BCUT2D eigenvalue weighted by atomic mass is 9.69. The van der Waals surface area contributed by atoms with E-state index in [2.05, 4.69) is 5.32 Å². The van der Waals surface area contributed by atoms with Crippen LogP contribution in [0.2, 0.25) is 0 Å². The second-order valence-corrected chi connectivity index (χ2v) is 8.52. The van der Waals surface area contributed by atoms with E-state index in [9.17, 15) is 19.5 Å². The van der Waals surface area contributed by atoms with Gasteiger partial charge in [-0.2, -0.15) is 0 Å². The van der Waals surface area contributed by atoms with Crippen LogP contribution in [-0.4, -0.2) is 43.2 Å². The number of phenolic OH excluding ortho intramolecular Hbond substituents is 1. The Morgan fingerprint density at radius 3 is 2.47 bits per heavy atom. The van der Waals surface area contributed by atoms with Crippen LogP contribution in [0.3, 0.4) is 0 Å². The molecule has 2 aliphatic rings. The molecule has 0 aromatic heterocycles. The zero-order valence-corrected chi connectivity index (χ0v) is 20.4.